The molecule has 82 valence electrons. The molecule has 1 aromatic carbocycles. The van der Waals surface area contributed by atoms with Gasteiger partial charge in [-0.25, -0.2) is 0 Å². The molecule has 0 saturated carbocycles. The van der Waals surface area contributed by atoms with Gasteiger partial charge in [-0.05, 0) is 47.5 Å². The summed E-state index contributed by atoms with van der Waals surface area (Å²) in [5.41, 5.74) is 7.02. The standard InChI is InChI=1S/C10H12BrClN2O/c1-5-3-7(11)9(4-8(5)12)14-10(15)6(2)13/h3-4,6H,13H2,1-2H3,(H,14,15). The molecule has 1 rings (SSSR count). The predicted octanol–water partition coefficient (Wildman–Crippen LogP) is 2.70. The Hall–Kier alpha value is -0.580. The molecule has 5 heteroatoms. The largest absolute Gasteiger partial charge is 0.324 e. The van der Waals surface area contributed by atoms with Crippen molar-refractivity contribution in [3.05, 3.63) is 27.2 Å². The molecule has 15 heavy (non-hydrogen) atoms. The molecule has 1 unspecified atom stereocenters. The Balaban J connectivity index is 2.96. The van der Waals surface area contributed by atoms with Gasteiger partial charge >= 0.3 is 0 Å². The first-order valence-electron chi connectivity index (χ1n) is 4.44. The lowest BCUT2D eigenvalue weighted by Crippen LogP contribution is -2.32. The van der Waals surface area contributed by atoms with Gasteiger partial charge in [0.2, 0.25) is 5.91 Å². The molecule has 3 nitrogen and oxygen atoms in total. The van der Waals surface area contributed by atoms with Crippen molar-refractivity contribution in [1.82, 2.24) is 0 Å². The van der Waals surface area contributed by atoms with Crippen LogP contribution in [-0.4, -0.2) is 11.9 Å². The van der Waals surface area contributed by atoms with E-state index in [4.69, 9.17) is 17.3 Å². The Morgan fingerprint density at radius 1 is 1.60 bits per heavy atom. The number of carbonyl (C=O) groups is 1. The molecule has 0 bridgehead atoms. The molecule has 0 heterocycles. The summed E-state index contributed by atoms with van der Waals surface area (Å²) in [4.78, 5) is 11.4. The van der Waals surface area contributed by atoms with Gasteiger partial charge < -0.3 is 11.1 Å². The van der Waals surface area contributed by atoms with Gasteiger partial charge in [0.1, 0.15) is 0 Å². The summed E-state index contributed by atoms with van der Waals surface area (Å²) in [6.45, 7) is 3.52. The maximum Gasteiger partial charge on any atom is 0.241 e. The van der Waals surface area contributed by atoms with Gasteiger partial charge in [0.25, 0.3) is 0 Å². The monoisotopic (exact) mass is 290 g/mol. The number of benzene rings is 1. The third-order valence-electron chi connectivity index (χ3n) is 1.92. The van der Waals surface area contributed by atoms with Gasteiger partial charge in [0, 0.05) is 9.50 Å². The number of aryl methyl sites for hydroxylation is 1. The first-order valence-corrected chi connectivity index (χ1v) is 5.61. The first kappa shape index (κ1) is 12.5. The SMILES string of the molecule is Cc1cc(Br)c(NC(=O)C(C)N)cc1Cl. The van der Waals surface area contributed by atoms with Crippen LogP contribution in [0.4, 0.5) is 5.69 Å². The van der Waals surface area contributed by atoms with Crippen LogP contribution in [-0.2, 0) is 4.79 Å². The fourth-order valence-electron chi connectivity index (χ4n) is 0.989. The summed E-state index contributed by atoms with van der Waals surface area (Å²) in [5, 5.41) is 3.29. The minimum atomic E-state index is -0.544. The fraction of sp³-hybridized carbons (Fsp3) is 0.300. The van der Waals surface area contributed by atoms with Crippen LogP contribution in [0.25, 0.3) is 0 Å². The number of hydrogen-bond donors (Lipinski definition) is 2. The molecular weight excluding hydrogens is 279 g/mol. The molecule has 1 atom stereocenters. The second-order valence-corrected chi connectivity index (χ2v) is 4.62. The highest BCUT2D eigenvalue weighted by Gasteiger charge is 2.10. The van der Waals surface area contributed by atoms with Crippen LogP contribution in [0, 0.1) is 6.92 Å². The van der Waals surface area contributed by atoms with Gasteiger partial charge in [0.05, 0.1) is 11.7 Å². The number of rotatable bonds is 2. The zero-order valence-corrected chi connectivity index (χ0v) is 10.8. The Morgan fingerprint density at radius 2 is 2.20 bits per heavy atom. The molecule has 1 amide bonds. The van der Waals surface area contributed by atoms with E-state index in [0.717, 1.165) is 10.0 Å². The maximum atomic E-state index is 11.4. The molecule has 0 aliphatic heterocycles. The van der Waals surface area contributed by atoms with Crippen LogP contribution >= 0.6 is 27.5 Å². The number of carbonyl (C=O) groups excluding carboxylic acids is 1. The van der Waals surface area contributed by atoms with Crippen LogP contribution in [0.5, 0.6) is 0 Å². The summed E-state index contributed by atoms with van der Waals surface area (Å²) in [5.74, 6) is -0.240. The smallest absolute Gasteiger partial charge is 0.241 e. The average Bonchev–Trinajstić information content (AvgIpc) is 2.13. The van der Waals surface area contributed by atoms with E-state index in [2.05, 4.69) is 21.2 Å². The Labute approximate surface area is 102 Å². The van der Waals surface area contributed by atoms with Crippen LogP contribution < -0.4 is 11.1 Å². The van der Waals surface area contributed by atoms with E-state index >= 15 is 0 Å². The summed E-state index contributed by atoms with van der Waals surface area (Å²) in [7, 11) is 0. The van der Waals surface area contributed by atoms with Crippen LogP contribution in [0.3, 0.4) is 0 Å². The number of hydrogen-bond acceptors (Lipinski definition) is 2. The number of nitrogens with one attached hydrogen (secondary N) is 1. The van der Waals surface area contributed by atoms with E-state index in [1.54, 1.807) is 13.0 Å². The Bertz CT molecular complexity index is 393. The van der Waals surface area contributed by atoms with E-state index in [0.29, 0.717) is 10.7 Å². The Kier molecular flexibility index (Phi) is 4.13. The average molecular weight is 292 g/mol. The zero-order chi connectivity index (χ0) is 11.6. The lowest BCUT2D eigenvalue weighted by molar-refractivity contribution is -0.117. The highest BCUT2D eigenvalue weighted by atomic mass is 79.9. The van der Waals surface area contributed by atoms with E-state index < -0.39 is 6.04 Å². The van der Waals surface area contributed by atoms with Crippen molar-refractivity contribution in [3.8, 4) is 0 Å². The first-order chi connectivity index (χ1) is 6.91. The molecule has 0 aliphatic rings. The van der Waals surface area contributed by atoms with Crippen molar-refractivity contribution in [3.63, 3.8) is 0 Å². The molecule has 0 aliphatic carbocycles. The quantitative estimate of drug-likeness (QED) is 0.880. The van der Waals surface area contributed by atoms with Crippen LogP contribution in [0.1, 0.15) is 12.5 Å². The third-order valence-corrected chi connectivity index (χ3v) is 2.98. The van der Waals surface area contributed by atoms with Gasteiger partial charge in [-0.2, -0.15) is 0 Å². The summed E-state index contributed by atoms with van der Waals surface area (Å²) >= 11 is 9.29. The molecule has 1 aromatic rings. The molecular formula is C10H12BrClN2O. The summed E-state index contributed by atoms with van der Waals surface area (Å²) in [6.07, 6.45) is 0. The number of amides is 1. The topological polar surface area (TPSA) is 55.1 Å². The van der Waals surface area contributed by atoms with Crippen molar-refractivity contribution >= 4 is 39.1 Å². The molecule has 3 N–H and O–H groups in total. The molecule has 0 fully saturated rings. The van der Waals surface area contributed by atoms with Gasteiger partial charge in [-0.3, -0.25) is 4.79 Å². The Morgan fingerprint density at radius 3 is 2.73 bits per heavy atom. The number of nitrogens with two attached hydrogens (primary N) is 1. The minimum Gasteiger partial charge on any atom is -0.324 e. The van der Waals surface area contributed by atoms with Gasteiger partial charge in [0.15, 0.2) is 0 Å². The van der Waals surface area contributed by atoms with E-state index in [1.165, 1.54) is 0 Å². The highest BCUT2D eigenvalue weighted by molar-refractivity contribution is 9.10. The lowest BCUT2D eigenvalue weighted by Gasteiger charge is -2.11. The number of halogens is 2. The summed E-state index contributed by atoms with van der Waals surface area (Å²) in [6, 6.07) is 3.00. The highest BCUT2D eigenvalue weighted by Crippen LogP contribution is 2.29. The minimum absolute atomic E-state index is 0.240. The third kappa shape index (κ3) is 3.19. The molecule has 0 radical (unpaired) electrons. The van der Waals surface area contributed by atoms with Crippen LogP contribution in [0.2, 0.25) is 5.02 Å². The normalized spacial score (nSPS) is 12.3. The van der Waals surface area contributed by atoms with Gasteiger partial charge in [-0.15, -0.1) is 0 Å². The van der Waals surface area contributed by atoms with Gasteiger partial charge in [-0.1, -0.05) is 11.6 Å². The zero-order valence-electron chi connectivity index (χ0n) is 8.47. The number of anilines is 1. The van der Waals surface area contributed by atoms with Crippen molar-refractivity contribution in [2.75, 3.05) is 5.32 Å². The second kappa shape index (κ2) is 4.96. The van der Waals surface area contributed by atoms with Crippen LogP contribution in [0.15, 0.2) is 16.6 Å². The lowest BCUT2D eigenvalue weighted by atomic mass is 10.2. The maximum absolute atomic E-state index is 11.4. The van der Waals surface area contributed by atoms with E-state index in [-0.39, 0.29) is 5.91 Å². The second-order valence-electron chi connectivity index (χ2n) is 3.36. The van der Waals surface area contributed by atoms with Crippen molar-refractivity contribution < 1.29 is 4.79 Å². The molecule has 0 spiro atoms. The molecule has 0 saturated heterocycles. The van der Waals surface area contributed by atoms with Crippen molar-refractivity contribution in [1.29, 1.82) is 0 Å². The van der Waals surface area contributed by atoms with Crippen molar-refractivity contribution in [2.45, 2.75) is 19.9 Å². The summed E-state index contributed by atoms with van der Waals surface area (Å²) < 4.78 is 0.790. The van der Waals surface area contributed by atoms with Crippen molar-refractivity contribution in [2.24, 2.45) is 5.73 Å². The predicted molar refractivity (Wildman–Crippen MR) is 66.2 cm³/mol. The molecule has 0 aromatic heterocycles. The van der Waals surface area contributed by atoms with E-state index in [1.807, 2.05) is 13.0 Å². The fourth-order valence-corrected chi connectivity index (χ4v) is 1.71. The van der Waals surface area contributed by atoms with E-state index in [9.17, 15) is 4.79 Å².